The third kappa shape index (κ3) is 4.21. The normalized spacial score (nSPS) is 10.2. The molecule has 1 aromatic carbocycles. The van der Waals surface area contributed by atoms with Gasteiger partial charge in [0.2, 0.25) is 5.91 Å². The number of carbonyl (C=O) groups is 1. The predicted molar refractivity (Wildman–Crippen MR) is 91.8 cm³/mol. The van der Waals surface area contributed by atoms with E-state index in [1.807, 2.05) is 6.92 Å². The minimum absolute atomic E-state index is 0.149. The minimum atomic E-state index is -0.182. The Balaban J connectivity index is 2.08. The van der Waals surface area contributed by atoms with Crippen LogP contribution in [0.1, 0.15) is 22.6 Å². The molecule has 5 nitrogen and oxygen atoms in total. The number of nitrogens with one attached hydrogen (secondary N) is 1. The second-order valence-electron chi connectivity index (χ2n) is 4.90. The third-order valence-electron chi connectivity index (χ3n) is 3.16. The number of hydrogen-bond donors (Lipinski definition) is 1. The molecule has 2 rings (SSSR count). The number of nitrogens with zero attached hydrogens (tertiary/aromatic N) is 3. The van der Waals surface area contributed by atoms with Crippen LogP contribution in [0.3, 0.4) is 0 Å². The van der Waals surface area contributed by atoms with Crippen molar-refractivity contribution in [2.45, 2.75) is 25.8 Å². The number of aryl methyl sites for hydroxylation is 2. The lowest BCUT2D eigenvalue weighted by Gasteiger charge is -2.10. The molecule has 1 heterocycles. The van der Waals surface area contributed by atoms with E-state index < -0.39 is 0 Å². The van der Waals surface area contributed by atoms with E-state index in [1.54, 1.807) is 32.0 Å². The molecule has 2 aromatic rings. The highest BCUT2D eigenvalue weighted by atomic mass is 35.5. The molecule has 23 heavy (non-hydrogen) atoms. The molecular formula is C16H15ClN4OS. The van der Waals surface area contributed by atoms with Gasteiger partial charge in [0.05, 0.1) is 11.4 Å². The third-order valence-corrected chi connectivity index (χ3v) is 4.55. The first-order chi connectivity index (χ1) is 10.9. The second kappa shape index (κ2) is 7.44. The lowest BCUT2D eigenvalue weighted by molar-refractivity contribution is -0.113. The van der Waals surface area contributed by atoms with Crippen LogP contribution in [-0.2, 0) is 4.79 Å². The molecule has 0 unspecified atom stereocenters. The first kappa shape index (κ1) is 17.3. The summed E-state index contributed by atoms with van der Waals surface area (Å²) in [7, 11) is 0. The molecule has 1 N–H and O–H groups in total. The average Bonchev–Trinajstić information content (AvgIpc) is 2.49. The predicted octanol–water partition coefficient (Wildman–Crippen LogP) is 3.66. The van der Waals surface area contributed by atoms with Crippen LogP contribution in [0, 0.1) is 32.1 Å². The Bertz CT molecular complexity index is 801. The van der Waals surface area contributed by atoms with Gasteiger partial charge in [0.1, 0.15) is 22.5 Å². The Kier molecular flexibility index (Phi) is 5.59. The highest BCUT2D eigenvalue weighted by Crippen LogP contribution is 2.25. The smallest absolute Gasteiger partial charge is 0.234 e. The van der Waals surface area contributed by atoms with Crippen molar-refractivity contribution in [3.05, 3.63) is 45.9 Å². The maximum absolute atomic E-state index is 12.1. The Labute approximate surface area is 144 Å². The summed E-state index contributed by atoms with van der Waals surface area (Å²) >= 11 is 7.25. The van der Waals surface area contributed by atoms with Gasteiger partial charge in [-0.25, -0.2) is 9.97 Å². The Morgan fingerprint density at radius 3 is 2.78 bits per heavy atom. The van der Waals surface area contributed by atoms with Gasteiger partial charge in [-0.2, -0.15) is 5.26 Å². The molecule has 0 radical (unpaired) electrons. The second-order valence-corrected chi connectivity index (χ2v) is 6.27. The fourth-order valence-electron chi connectivity index (χ4n) is 1.98. The van der Waals surface area contributed by atoms with E-state index in [1.165, 1.54) is 11.8 Å². The van der Waals surface area contributed by atoms with Crippen LogP contribution in [-0.4, -0.2) is 21.6 Å². The largest absolute Gasteiger partial charge is 0.325 e. The summed E-state index contributed by atoms with van der Waals surface area (Å²) in [6.07, 6.45) is 0. The molecule has 0 saturated heterocycles. The van der Waals surface area contributed by atoms with Crippen molar-refractivity contribution in [1.29, 1.82) is 5.26 Å². The molecule has 0 spiro atoms. The monoisotopic (exact) mass is 346 g/mol. The van der Waals surface area contributed by atoms with Crippen LogP contribution >= 0.6 is 23.4 Å². The number of halogens is 1. The summed E-state index contributed by atoms with van der Waals surface area (Å²) in [6.45, 7) is 5.36. The zero-order valence-corrected chi connectivity index (χ0v) is 14.5. The van der Waals surface area contributed by atoms with Crippen LogP contribution in [0.4, 0.5) is 5.69 Å². The number of nitriles is 1. The van der Waals surface area contributed by atoms with Gasteiger partial charge in [0, 0.05) is 10.7 Å². The number of benzene rings is 1. The van der Waals surface area contributed by atoms with Gasteiger partial charge in [-0.1, -0.05) is 29.4 Å². The van der Waals surface area contributed by atoms with E-state index in [9.17, 15) is 10.1 Å². The van der Waals surface area contributed by atoms with Crippen LogP contribution in [0.5, 0.6) is 0 Å². The summed E-state index contributed by atoms with van der Waals surface area (Å²) in [5.74, 6) is 0.546. The molecular weight excluding hydrogens is 332 g/mol. The van der Waals surface area contributed by atoms with Gasteiger partial charge in [-0.3, -0.25) is 4.79 Å². The summed E-state index contributed by atoms with van der Waals surface area (Å²) in [4.78, 5) is 20.5. The van der Waals surface area contributed by atoms with E-state index >= 15 is 0 Å². The lowest BCUT2D eigenvalue weighted by atomic mass is 10.2. The quantitative estimate of drug-likeness (QED) is 0.675. The van der Waals surface area contributed by atoms with Crippen molar-refractivity contribution in [2.75, 3.05) is 11.1 Å². The number of aromatic nitrogens is 2. The molecule has 0 aliphatic heterocycles. The molecule has 0 saturated carbocycles. The molecule has 118 valence electrons. The summed E-state index contributed by atoms with van der Waals surface area (Å²) in [5.41, 5.74) is 2.53. The minimum Gasteiger partial charge on any atom is -0.325 e. The topological polar surface area (TPSA) is 78.7 Å². The fourth-order valence-corrected chi connectivity index (χ4v) is 3.03. The number of thioether (sulfide) groups is 1. The zero-order valence-electron chi connectivity index (χ0n) is 13.0. The Morgan fingerprint density at radius 1 is 1.35 bits per heavy atom. The van der Waals surface area contributed by atoms with Crippen molar-refractivity contribution in [1.82, 2.24) is 9.97 Å². The van der Waals surface area contributed by atoms with Crippen molar-refractivity contribution < 1.29 is 4.79 Å². The highest BCUT2D eigenvalue weighted by Gasteiger charge is 2.13. The Morgan fingerprint density at radius 2 is 2.09 bits per heavy atom. The van der Waals surface area contributed by atoms with Crippen LogP contribution < -0.4 is 5.32 Å². The van der Waals surface area contributed by atoms with Crippen molar-refractivity contribution >= 4 is 35.0 Å². The SMILES string of the molecule is Cc1nc(C)c(C#N)c(SCC(=O)Nc2cccc(Cl)c2C)n1. The zero-order chi connectivity index (χ0) is 17.0. The fraction of sp³-hybridized carbons (Fsp3) is 0.250. The first-order valence-corrected chi connectivity index (χ1v) is 8.22. The molecule has 1 amide bonds. The number of amides is 1. The van der Waals surface area contributed by atoms with E-state index in [4.69, 9.17) is 11.6 Å². The first-order valence-electron chi connectivity index (χ1n) is 6.85. The van der Waals surface area contributed by atoms with E-state index in [2.05, 4.69) is 21.4 Å². The summed E-state index contributed by atoms with van der Waals surface area (Å²) < 4.78 is 0. The van der Waals surface area contributed by atoms with E-state index in [-0.39, 0.29) is 11.7 Å². The highest BCUT2D eigenvalue weighted by molar-refractivity contribution is 8.00. The van der Waals surface area contributed by atoms with E-state index in [0.29, 0.717) is 32.8 Å². The van der Waals surface area contributed by atoms with Crippen LogP contribution in [0.25, 0.3) is 0 Å². The van der Waals surface area contributed by atoms with Crippen molar-refractivity contribution in [3.63, 3.8) is 0 Å². The molecule has 0 bridgehead atoms. The van der Waals surface area contributed by atoms with Gasteiger partial charge >= 0.3 is 0 Å². The summed E-state index contributed by atoms with van der Waals surface area (Å²) in [5, 5.41) is 13.1. The summed E-state index contributed by atoms with van der Waals surface area (Å²) in [6, 6.07) is 7.43. The average molecular weight is 347 g/mol. The standard InChI is InChI=1S/C16H15ClN4OS/c1-9-13(17)5-4-6-14(9)21-15(22)8-23-16-12(7-18)10(2)19-11(3)20-16/h4-6H,8H2,1-3H3,(H,21,22). The van der Waals surface area contributed by atoms with Crippen molar-refractivity contribution in [3.8, 4) is 6.07 Å². The van der Waals surface area contributed by atoms with E-state index in [0.717, 1.165) is 5.56 Å². The van der Waals surface area contributed by atoms with Gasteiger partial charge in [0.25, 0.3) is 0 Å². The molecule has 7 heteroatoms. The number of hydrogen-bond acceptors (Lipinski definition) is 5. The van der Waals surface area contributed by atoms with Crippen molar-refractivity contribution in [2.24, 2.45) is 0 Å². The number of anilines is 1. The molecule has 0 aliphatic rings. The maximum atomic E-state index is 12.1. The van der Waals surface area contributed by atoms with Gasteiger partial charge in [0.15, 0.2) is 0 Å². The maximum Gasteiger partial charge on any atom is 0.234 e. The van der Waals surface area contributed by atoms with Gasteiger partial charge in [-0.15, -0.1) is 0 Å². The lowest BCUT2D eigenvalue weighted by Crippen LogP contribution is -2.15. The van der Waals surface area contributed by atoms with Gasteiger partial charge < -0.3 is 5.32 Å². The molecule has 0 aliphatic carbocycles. The van der Waals surface area contributed by atoms with Gasteiger partial charge in [-0.05, 0) is 38.5 Å². The molecule has 0 atom stereocenters. The number of rotatable bonds is 4. The van der Waals surface area contributed by atoms with Crippen LogP contribution in [0.2, 0.25) is 5.02 Å². The number of carbonyl (C=O) groups excluding carboxylic acids is 1. The molecule has 0 fully saturated rings. The Hall–Kier alpha value is -2.10. The van der Waals surface area contributed by atoms with Crippen LogP contribution in [0.15, 0.2) is 23.2 Å². The molecule has 1 aromatic heterocycles.